The van der Waals surface area contributed by atoms with Crippen molar-refractivity contribution < 1.29 is 14.3 Å². The number of aryl methyl sites for hydroxylation is 1. The monoisotopic (exact) mass is 490 g/mol. The van der Waals surface area contributed by atoms with Gasteiger partial charge in [-0.05, 0) is 42.7 Å². The first-order chi connectivity index (χ1) is 17.0. The van der Waals surface area contributed by atoms with Gasteiger partial charge in [0, 0.05) is 25.3 Å². The Morgan fingerprint density at radius 2 is 1.57 bits per heavy atom. The Morgan fingerprint density at radius 1 is 0.914 bits per heavy atom. The number of likely N-dealkylation sites (N-methyl/N-ethyl adjacent to an activating group) is 1. The maximum atomic E-state index is 13.6. The molecule has 1 atom stereocenters. The molecule has 3 rings (SSSR count). The Bertz CT molecular complexity index is 1070. The number of benzene rings is 3. The highest BCUT2D eigenvalue weighted by Gasteiger charge is 2.30. The highest BCUT2D eigenvalue weighted by atomic mass is 32.2. The highest BCUT2D eigenvalue weighted by Crippen LogP contribution is 2.20. The molecule has 0 unspecified atom stereocenters. The summed E-state index contributed by atoms with van der Waals surface area (Å²) in [5.74, 6) is 1.64. The van der Waals surface area contributed by atoms with Gasteiger partial charge in [-0.3, -0.25) is 9.59 Å². The van der Waals surface area contributed by atoms with Gasteiger partial charge < -0.3 is 15.0 Å². The van der Waals surface area contributed by atoms with Gasteiger partial charge in [-0.15, -0.1) is 11.8 Å². The van der Waals surface area contributed by atoms with Crippen LogP contribution in [0.4, 0.5) is 0 Å². The second-order valence-corrected chi connectivity index (χ2v) is 9.43. The molecule has 0 saturated carbocycles. The number of ether oxygens (including phenoxy) is 1. The number of rotatable bonds is 12. The van der Waals surface area contributed by atoms with Gasteiger partial charge in [-0.25, -0.2) is 0 Å². The Kier molecular flexibility index (Phi) is 10.2. The summed E-state index contributed by atoms with van der Waals surface area (Å²) in [5.41, 5.74) is 4.31. The Hall–Kier alpha value is -3.25. The van der Waals surface area contributed by atoms with Crippen LogP contribution >= 0.6 is 11.8 Å². The summed E-state index contributed by atoms with van der Waals surface area (Å²) in [6, 6.07) is 25.3. The van der Waals surface area contributed by atoms with Crippen LogP contribution in [0.5, 0.6) is 5.75 Å². The lowest BCUT2D eigenvalue weighted by molar-refractivity contribution is -0.139. The quantitative estimate of drug-likeness (QED) is 0.388. The van der Waals surface area contributed by atoms with Gasteiger partial charge in [-0.2, -0.15) is 0 Å². The van der Waals surface area contributed by atoms with E-state index in [1.54, 1.807) is 23.8 Å². The molecule has 0 aliphatic heterocycles. The second-order valence-electron chi connectivity index (χ2n) is 8.45. The van der Waals surface area contributed by atoms with Crippen LogP contribution in [0.25, 0.3) is 0 Å². The first-order valence-electron chi connectivity index (χ1n) is 11.9. The number of thioether (sulfide) groups is 1. The van der Waals surface area contributed by atoms with Crippen molar-refractivity contribution in [3.05, 3.63) is 101 Å². The fourth-order valence-electron chi connectivity index (χ4n) is 3.80. The van der Waals surface area contributed by atoms with E-state index >= 15 is 0 Å². The van der Waals surface area contributed by atoms with Crippen molar-refractivity contribution in [3.8, 4) is 5.75 Å². The molecule has 35 heavy (non-hydrogen) atoms. The molecule has 0 aliphatic rings. The molecule has 2 amide bonds. The second kappa shape index (κ2) is 13.6. The summed E-state index contributed by atoms with van der Waals surface area (Å²) < 4.78 is 5.22. The third kappa shape index (κ3) is 8.18. The molecule has 184 valence electrons. The SMILES string of the molecule is CCNC(=O)[C@@H](Cc1ccccc1)N(Cc1ccc(C)cc1)C(=O)CSCc1ccc(OC)cc1. The predicted octanol–water partition coefficient (Wildman–Crippen LogP) is 5.01. The number of hydrogen-bond donors (Lipinski definition) is 1. The van der Waals surface area contributed by atoms with E-state index < -0.39 is 6.04 Å². The van der Waals surface area contributed by atoms with Gasteiger partial charge in [0.05, 0.1) is 12.9 Å². The van der Waals surface area contributed by atoms with Crippen molar-refractivity contribution in [1.29, 1.82) is 0 Å². The lowest BCUT2D eigenvalue weighted by Gasteiger charge is -2.31. The van der Waals surface area contributed by atoms with E-state index in [1.807, 2.05) is 92.7 Å². The average molecular weight is 491 g/mol. The number of carbonyl (C=O) groups is 2. The summed E-state index contributed by atoms with van der Waals surface area (Å²) >= 11 is 1.55. The molecule has 0 radical (unpaired) electrons. The number of carbonyl (C=O) groups excluding carboxylic acids is 2. The molecule has 0 spiro atoms. The summed E-state index contributed by atoms with van der Waals surface area (Å²) in [5, 5.41) is 2.94. The molecule has 1 N–H and O–H groups in total. The minimum Gasteiger partial charge on any atom is -0.497 e. The normalized spacial score (nSPS) is 11.5. The number of amides is 2. The van der Waals surface area contributed by atoms with E-state index in [-0.39, 0.29) is 11.8 Å². The molecule has 0 bridgehead atoms. The molecule has 0 saturated heterocycles. The summed E-state index contributed by atoms with van der Waals surface area (Å²) in [4.78, 5) is 28.5. The molecule has 3 aromatic carbocycles. The van der Waals surface area contributed by atoms with Crippen molar-refractivity contribution in [2.24, 2.45) is 0 Å². The van der Waals surface area contributed by atoms with E-state index in [2.05, 4.69) is 5.32 Å². The van der Waals surface area contributed by atoms with E-state index in [4.69, 9.17) is 4.74 Å². The van der Waals surface area contributed by atoms with Gasteiger partial charge >= 0.3 is 0 Å². The van der Waals surface area contributed by atoms with E-state index in [9.17, 15) is 9.59 Å². The van der Waals surface area contributed by atoms with Gasteiger partial charge in [-0.1, -0.05) is 72.3 Å². The molecular formula is C29H34N2O3S. The van der Waals surface area contributed by atoms with Gasteiger partial charge in [0.2, 0.25) is 11.8 Å². The predicted molar refractivity (Wildman–Crippen MR) is 144 cm³/mol. The molecule has 3 aromatic rings. The standard InChI is InChI=1S/C29H34N2O3S/c1-4-30-29(33)27(18-23-8-6-5-7-9-23)31(19-24-12-10-22(2)11-13-24)28(32)21-35-20-25-14-16-26(34-3)17-15-25/h5-17,27H,4,18-21H2,1-3H3,(H,30,33)/t27-/m1/s1. The first-order valence-corrected chi connectivity index (χ1v) is 13.0. The first kappa shape index (κ1) is 26.4. The van der Waals surface area contributed by atoms with Gasteiger partial charge in [0.1, 0.15) is 11.8 Å². The van der Waals surface area contributed by atoms with Gasteiger partial charge in [0.25, 0.3) is 0 Å². The van der Waals surface area contributed by atoms with Crippen LogP contribution in [0.15, 0.2) is 78.9 Å². The molecule has 0 aromatic heterocycles. The lowest BCUT2D eigenvalue weighted by atomic mass is 10.0. The van der Waals surface area contributed by atoms with Crippen LogP contribution < -0.4 is 10.1 Å². The highest BCUT2D eigenvalue weighted by molar-refractivity contribution is 7.99. The summed E-state index contributed by atoms with van der Waals surface area (Å²) in [7, 11) is 1.64. The van der Waals surface area contributed by atoms with Crippen molar-refractivity contribution >= 4 is 23.6 Å². The van der Waals surface area contributed by atoms with Crippen LogP contribution in [0.2, 0.25) is 0 Å². The third-order valence-corrected chi connectivity index (χ3v) is 6.74. The largest absolute Gasteiger partial charge is 0.497 e. The molecule has 0 aliphatic carbocycles. The van der Waals surface area contributed by atoms with Crippen molar-refractivity contribution in [3.63, 3.8) is 0 Å². The van der Waals surface area contributed by atoms with Crippen LogP contribution in [0.1, 0.15) is 29.2 Å². The third-order valence-electron chi connectivity index (χ3n) is 5.75. The topological polar surface area (TPSA) is 58.6 Å². The number of methoxy groups -OCH3 is 1. The molecule has 0 fully saturated rings. The molecule has 6 heteroatoms. The number of nitrogens with one attached hydrogen (secondary N) is 1. The summed E-state index contributed by atoms with van der Waals surface area (Å²) in [6.45, 7) is 4.84. The number of hydrogen-bond acceptors (Lipinski definition) is 4. The molecule has 5 nitrogen and oxygen atoms in total. The fraction of sp³-hybridized carbons (Fsp3) is 0.310. The summed E-state index contributed by atoms with van der Waals surface area (Å²) in [6.07, 6.45) is 0.466. The Balaban J connectivity index is 1.79. The molecule has 0 heterocycles. The maximum Gasteiger partial charge on any atom is 0.243 e. The maximum absolute atomic E-state index is 13.6. The number of nitrogens with zero attached hydrogens (tertiary/aromatic N) is 1. The van der Waals surface area contributed by atoms with Crippen molar-refractivity contribution in [2.45, 2.75) is 38.6 Å². The van der Waals surface area contributed by atoms with Gasteiger partial charge in [0.15, 0.2) is 0 Å². The zero-order valence-electron chi connectivity index (χ0n) is 20.7. The Labute approximate surface area is 212 Å². The van der Waals surface area contributed by atoms with E-state index in [0.29, 0.717) is 31.0 Å². The Morgan fingerprint density at radius 3 is 2.20 bits per heavy atom. The van der Waals surface area contributed by atoms with Crippen molar-refractivity contribution in [2.75, 3.05) is 19.4 Å². The van der Waals surface area contributed by atoms with Crippen LogP contribution in [0.3, 0.4) is 0 Å². The van der Waals surface area contributed by atoms with E-state index in [0.717, 1.165) is 28.0 Å². The fourth-order valence-corrected chi connectivity index (χ4v) is 4.67. The van der Waals surface area contributed by atoms with Crippen LogP contribution in [0, 0.1) is 6.92 Å². The van der Waals surface area contributed by atoms with E-state index in [1.165, 1.54) is 0 Å². The average Bonchev–Trinajstić information content (AvgIpc) is 2.88. The van der Waals surface area contributed by atoms with Crippen LogP contribution in [-0.2, 0) is 28.3 Å². The smallest absolute Gasteiger partial charge is 0.243 e. The van der Waals surface area contributed by atoms with Crippen molar-refractivity contribution in [1.82, 2.24) is 10.2 Å². The zero-order chi connectivity index (χ0) is 25.0. The minimum absolute atomic E-state index is 0.0451. The molecular weight excluding hydrogens is 456 g/mol. The van der Waals surface area contributed by atoms with Crippen LogP contribution in [-0.4, -0.2) is 42.2 Å². The minimum atomic E-state index is -0.590. The lowest BCUT2D eigenvalue weighted by Crippen LogP contribution is -2.51. The zero-order valence-corrected chi connectivity index (χ0v) is 21.5.